The highest BCUT2D eigenvalue weighted by Gasteiger charge is 2.20. The number of nitrogens with one attached hydrogen (secondary N) is 1. The fourth-order valence-corrected chi connectivity index (χ4v) is 2.05. The van der Waals surface area contributed by atoms with Gasteiger partial charge in [-0.25, -0.2) is 0 Å². The van der Waals surface area contributed by atoms with Crippen LogP contribution in [0.3, 0.4) is 0 Å². The molecule has 88 valence electrons. The third-order valence-corrected chi connectivity index (χ3v) is 2.95. The summed E-state index contributed by atoms with van der Waals surface area (Å²) in [4.78, 5) is 10.3. The van der Waals surface area contributed by atoms with Gasteiger partial charge < -0.3 is 15.5 Å². The molecule has 1 aliphatic rings. The maximum absolute atomic E-state index is 10.3. The van der Waals surface area contributed by atoms with Crippen LogP contribution in [-0.4, -0.2) is 34.9 Å². The first kappa shape index (κ1) is 12.5. The van der Waals surface area contributed by atoms with Gasteiger partial charge in [-0.05, 0) is 25.8 Å². The van der Waals surface area contributed by atoms with Crippen LogP contribution in [0.25, 0.3) is 0 Å². The molecule has 0 amide bonds. The van der Waals surface area contributed by atoms with E-state index in [1.807, 2.05) is 0 Å². The van der Waals surface area contributed by atoms with Crippen LogP contribution in [0.2, 0.25) is 0 Å². The van der Waals surface area contributed by atoms with Crippen LogP contribution < -0.4 is 5.32 Å². The molecule has 0 heterocycles. The Balaban J connectivity index is 2.15. The molecule has 0 spiro atoms. The molecule has 0 aromatic carbocycles. The first-order valence-corrected chi connectivity index (χ1v) is 5.83. The monoisotopic (exact) mass is 215 g/mol. The summed E-state index contributed by atoms with van der Waals surface area (Å²) >= 11 is 0. The van der Waals surface area contributed by atoms with E-state index in [9.17, 15) is 9.90 Å². The second kappa shape index (κ2) is 6.80. The van der Waals surface area contributed by atoms with E-state index in [1.165, 1.54) is 6.42 Å². The lowest BCUT2D eigenvalue weighted by Crippen LogP contribution is -2.39. The fraction of sp³-hybridized carbons (Fsp3) is 0.909. The van der Waals surface area contributed by atoms with Crippen LogP contribution in [0, 0.1) is 0 Å². The van der Waals surface area contributed by atoms with Gasteiger partial charge >= 0.3 is 5.97 Å². The number of rotatable bonds is 5. The molecule has 2 atom stereocenters. The summed E-state index contributed by atoms with van der Waals surface area (Å²) in [5, 5.41) is 21.5. The Hall–Kier alpha value is -0.610. The quantitative estimate of drug-likeness (QED) is 0.475. The SMILES string of the molecule is O=C(O)CCCNC1CCCCCC1O. The summed E-state index contributed by atoms with van der Waals surface area (Å²) in [5.41, 5.74) is 0. The second-order valence-electron chi connectivity index (χ2n) is 4.26. The largest absolute Gasteiger partial charge is 0.481 e. The lowest BCUT2D eigenvalue weighted by atomic mass is 10.1. The van der Waals surface area contributed by atoms with Crippen molar-refractivity contribution >= 4 is 5.97 Å². The normalized spacial score (nSPS) is 27.3. The van der Waals surface area contributed by atoms with Gasteiger partial charge in [0.2, 0.25) is 0 Å². The van der Waals surface area contributed by atoms with Crippen LogP contribution in [-0.2, 0) is 4.79 Å². The van der Waals surface area contributed by atoms with Crippen molar-refractivity contribution in [2.75, 3.05) is 6.54 Å². The van der Waals surface area contributed by atoms with E-state index >= 15 is 0 Å². The van der Waals surface area contributed by atoms with Crippen LogP contribution in [0.4, 0.5) is 0 Å². The molecule has 2 unspecified atom stereocenters. The maximum atomic E-state index is 10.3. The van der Waals surface area contributed by atoms with Crippen molar-refractivity contribution in [3.63, 3.8) is 0 Å². The zero-order valence-electron chi connectivity index (χ0n) is 9.11. The minimum Gasteiger partial charge on any atom is -0.481 e. The van der Waals surface area contributed by atoms with Crippen LogP contribution >= 0.6 is 0 Å². The van der Waals surface area contributed by atoms with Gasteiger partial charge in [-0.2, -0.15) is 0 Å². The number of carboxylic acids is 1. The summed E-state index contributed by atoms with van der Waals surface area (Å²) in [6.45, 7) is 0.689. The van der Waals surface area contributed by atoms with Gasteiger partial charge in [-0.3, -0.25) is 4.79 Å². The predicted octanol–water partition coefficient (Wildman–Crippen LogP) is 1.13. The number of aliphatic hydroxyl groups is 1. The summed E-state index contributed by atoms with van der Waals surface area (Å²) in [5.74, 6) is -0.752. The van der Waals surface area contributed by atoms with Gasteiger partial charge in [-0.1, -0.05) is 19.3 Å². The molecule has 0 saturated heterocycles. The fourth-order valence-electron chi connectivity index (χ4n) is 2.05. The van der Waals surface area contributed by atoms with Gasteiger partial charge in [0.25, 0.3) is 0 Å². The van der Waals surface area contributed by atoms with Crippen molar-refractivity contribution in [2.45, 2.75) is 57.1 Å². The third-order valence-electron chi connectivity index (χ3n) is 2.95. The second-order valence-corrected chi connectivity index (χ2v) is 4.26. The lowest BCUT2D eigenvalue weighted by Gasteiger charge is -2.21. The molecule has 3 N–H and O–H groups in total. The predicted molar refractivity (Wildman–Crippen MR) is 57.8 cm³/mol. The highest BCUT2D eigenvalue weighted by molar-refractivity contribution is 5.66. The summed E-state index contributed by atoms with van der Waals surface area (Å²) in [6, 6.07) is 0.168. The average molecular weight is 215 g/mol. The molecular formula is C11H21NO3. The Bertz CT molecular complexity index is 196. The Labute approximate surface area is 90.7 Å². The van der Waals surface area contributed by atoms with E-state index in [-0.39, 0.29) is 18.6 Å². The molecule has 4 nitrogen and oxygen atoms in total. The summed E-state index contributed by atoms with van der Waals surface area (Å²) in [7, 11) is 0. The molecule has 0 aliphatic heterocycles. The zero-order chi connectivity index (χ0) is 11.1. The van der Waals surface area contributed by atoms with Gasteiger partial charge in [0, 0.05) is 12.5 Å². The van der Waals surface area contributed by atoms with Crippen LogP contribution in [0.15, 0.2) is 0 Å². The molecule has 4 heteroatoms. The first-order valence-electron chi connectivity index (χ1n) is 5.83. The minimum atomic E-state index is -0.752. The number of carbonyl (C=O) groups is 1. The van der Waals surface area contributed by atoms with E-state index in [0.717, 1.165) is 25.7 Å². The maximum Gasteiger partial charge on any atom is 0.303 e. The smallest absolute Gasteiger partial charge is 0.303 e. The average Bonchev–Trinajstić information content (AvgIpc) is 2.38. The molecule has 1 aliphatic carbocycles. The topological polar surface area (TPSA) is 69.6 Å². The molecule has 1 saturated carbocycles. The minimum absolute atomic E-state index is 0.168. The number of hydrogen-bond acceptors (Lipinski definition) is 3. The molecule has 0 bridgehead atoms. The molecule has 1 fully saturated rings. The molecule has 0 radical (unpaired) electrons. The van der Waals surface area contributed by atoms with E-state index in [4.69, 9.17) is 5.11 Å². The Morgan fingerprint density at radius 2 is 2.00 bits per heavy atom. The highest BCUT2D eigenvalue weighted by Crippen LogP contribution is 2.17. The molecule has 0 aromatic heterocycles. The third kappa shape index (κ3) is 5.14. The summed E-state index contributed by atoms with van der Waals surface area (Å²) < 4.78 is 0. The number of aliphatic carboxylic acids is 1. The van der Waals surface area contributed by atoms with E-state index in [0.29, 0.717) is 13.0 Å². The van der Waals surface area contributed by atoms with Crippen molar-refractivity contribution in [3.8, 4) is 0 Å². The van der Waals surface area contributed by atoms with Crippen molar-refractivity contribution in [1.82, 2.24) is 5.32 Å². The standard InChI is InChI=1S/C11H21NO3/c13-10-6-3-1-2-5-9(10)12-8-4-7-11(14)15/h9-10,12-13H,1-8H2,(H,14,15). The molecule has 15 heavy (non-hydrogen) atoms. The van der Waals surface area contributed by atoms with Gasteiger partial charge in [0.1, 0.15) is 0 Å². The first-order chi connectivity index (χ1) is 7.20. The number of hydrogen-bond donors (Lipinski definition) is 3. The van der Waals surface area contributed by atoms with Crippen molar-refractivity contribution in [2.24, 2.45) is 0 Å². The highest BCUT2D eigenvalue weighted by atomic mass is 16.4. The van der Waals surface area contributed by atoms with Gasteiger partial charge in [0.05, 0.1) is 6.10 Å². The Kier molecular flexibility index (Phi) is 5.65. The molecular weight excluding hydrogens is 194 g/mol. The van der Waals surface area contributed by atoms with Gasteiger partial charge in [-0.15, -0.1) is 0 Å². The molecule has 0 aromatic rings. The Morgan fingerprint density at radius 1 is 1.27 bits per heavy atom. The van der Waals surface area contributed by atoms with E-state index < -0.39 is 5.97 Å². The van der Waals surface area contributed by atoms with Crippen LogP contribution in [0.5, 0.6) is 0 Å². The molecule has 1 rings (SSSR count). The Morgan fingerprint density at radius 3 is 2.73 bits per heavy atom. The zero-order valence-corrected chi connectivity index (χ0v) is 9.11. The van der Waals surface area contributed by atoms with Crippen molar-refractivity contribution < 1.29 is 15.0 Å². The lowest BCUT2D eigenvalue weighted by molar-refractivity contribution is -0.137. The summed E-state index contributed by atoms with van der Waals surface area (Å²) in [6.07, 6.45) is 5.93. The number of carboxylic acid groups (broad SMARTS) is 1. The van der Waals surface area contributed by atoms with E-state index in [1.54, 1.807) is 0 Å². The van der Waals surface area contributed by atoms with Crippen molar-refractivity contribution in [1.29, 1.82) is 0 Å². The van der Waals surface area contributed by atoms with Gasteiger partial charge in [0.15, 0.2) is 0 Å². The van der Waals surface area contributed by atoms with Crippen molar-refractivity contribution in [3.05, 3.63) is 0 Å². The number of aliphatic hydroxyl groups excluding tert-OH is 1. The van der Waals surface area contributed by atoms with Crippen LogP contribution in [0.1, 0.15) is 44.9 Å². The van der Waals surface area contributed by atoms with E-state index in [2.05, 4.69) is 5.32 Å².